The van der Waals surface area contributed by atoms with Crippen LogP contribution < -0.4 is 24.3 Å². The second kappa shape index (κ2) is 11.9. The Labute approximate surface area is 212 Å². The molecule has 1 heterocycles. The fourth-order valence-corrected chi connectivity index (χ4v) is 4.56. The normalized spacial score (nSPS) is 16.3. The van der Waals surface area contributed by atoms with Crippen LogP contribution in [0, 0.1) is 5.92 Å². The van der Waals surface area contributed by atoms with Gasteiger partial charge in [0.2, 0.25) is 0 Å². The molecule has 0 unspecified atom stereocenters. The molecule has 3 atom stereocenters. The molecule has 1 N–H and O–H groups in total. The van der Waals surface area contributed by atoms with Gasteiger partial charge in [-0.1, -0.05) is 26.3 Å². The standard InChI is InChI=1S/C27H36N2O7/c1-8-16(2)24(26(30)36-7)28-27(31)29-12-11-17-13-22(34-5)23(35-6)15-19(17)25(29)18-9-10-20(32-3)21(14-18)33-4/h9-10,13-16,24-25H,8,11-12H2,1-7H3,(H,28,31)/t16-,24+,25-/m1/s1. The number of hydrogen-bond acceptors (Lipinski definition) is 7. The van der Waals surface area contributed by atoms with Gasteiger partial charge in [-0.05, 0) is 53.3 Å². The Bertz CT molecular complexity index is 1090. The van der Waals surface area contributed by atoms with E-state index in [9.17, 15) is 9.59 Å². The summed E-state index contributed by atoms with van der Waals surface area (Å²) < 4.78 is 27.0. The van der Waals surface area contributed by atoms with Crippen LogP contribution in [0.2, 0.25) is 0 Å². The first-order valence-corrected chi connectivity index (χ1v) is 11.9. The van der Waals surface area contributed by atoms with Gasteiger partial charge in [-0.15, -0.1) is 0 Å². The van der Waals surface area contributed by atoms with Crippen molar-refractivity contribution < 1.29 is 33.3 Å². The molecule has 36 heavy (non-hydrogen) atoms. The van der Waals surface area contributed by atoms with E-state index < -0.39 is 18.1 Å². The first-order chi connectivity index (χ1) is 17.3. The zero-order valence-corrected chi connectivity index (χ0v) is 22.0. The summed E-state index contributed by atoms with van der Waals surface area (Å²) in [5.74, 6) is 1.77. The lowest BCUT2D eigenvalue weighted by Gasteiger charge is -2.39. The molecule has 0 aromatic heterocycles. The minimum atomic E-state index is -0.759. The molecule has 0 saturated carbocycles. The van der Waals surface area contributed by atoms with Gasteiger partial charge in [0.25, 0.3) is 0 Å². The third kappa shape index (κ3) is 5.29. The van der Waals surface area contributed by atoms with Gasteiger partial charge in [0.05, 0.1) is 41.6 Å². The number of ether oxygens (including phenoxy) is 5. The van der Waals surface area contributed by atoms with Gasteiger partial charge in [0, 0.05) is 6.54 Å². The molecule has 0 saturated heterocycles. The van der Waals surface area contributed by atoms with Crippen molar-refractivity contribution in [2.45, 2.75) is 38.8 Å². The lowest BCUT2D eigenvalue weighted by molar-refractivity contribution is -0.144. The van der Waals surface area contributed by atoms with Gasteiger partial charge in [-0.25, -0.2) is 9.59 Å². The maximum Gasteiger partial charge on any atom is 0.328 e. The van der Waals surface area contributed by atoms with E-state index >= 15 is 0 Å². The summed E-state index contributed by atoms with van der Waals surface area (Å²) in [6.07, 6.45) is 1.32. The number of amides is 2. The van der Waals surface area contributed by atoms with E-state index in [4.69, 9.17) is 23.7 Å². The van der Waals surface area contributed by atoms with E-state index in [1.165, 1.54) is 7.11 Å². The van der Waals surface area contributed by atoms with Crippen LogP contribution in [0.3, 0.4) is 0 Å². The second-order valence-electron chi connectivity index (χ2n) is 8.70. The molecule has 9 heteroatoms. The number of benzene rings is 2. The van der Waals surface area contributed by atoms with Crippen molar-refractivity contribution in [3.8, 4) is 23.0 Å². The van der Waals surface area contributed by atoms with E-state index in [1.807, 2.05) is 44.2 Å². The minimum absolute atomic E-state index is 0.0950. The van der Waals surface area contributed by atoms with Gasteiger partial charge < -0.3 is 33.9 Å². The van der Waals surface area contributed by atoms with Crippen molar-refractivity contribution in [2.75, 3.05) is 42.1 Å². The predicted molar refractivity (Wildman–Crippen MR) is 135 cm³/mol. The van der Waals surface area contributed by atoms with Crippen molar-refractivity contribution in [1.82, 2.24) is 10.2 Å². The number of esters is 1. The van der Waals surface area contributed by atoms with E-state index in [0.717, 1.165) is 16.7 Å². The molecule has 0 spiro atoms. The zero-order valence-electron chi connectivity index (χ0n) is 22.0. The third-order valence-electron chi connectivity index (χ3n) is 6.80. The van der Waals surface area contributed by atoms with Gasteiger partial charge >= 0.3 is 12.0 Å². The number of carbonyl (C=O) groups excluding carboxylic acids is 2. The Balaban J connectivity index is 2.11. The molecule has 0 aliphatic carbocycles. The largest absolute Gasteiger partial charge is 0.493 e. The number of rotatable bonds is 9. The van der Waals surface area contributed by atoms with E-state index in [-0.39, 0.29) is 11.9 Å². The SMILES string of the molecule is CC[C@@H](C)[C@H](NC(=O)N1CCc2cc(OC)c(OC)cc2[C@H]1c1ccc(OC)c(OC)c1)C(=O)OC. The fourth-order valence-electron chi connectivity index (χ4n) is 4.56. The molecule has 3 rings (SSSR count). The number of nitrogens with zero attached hydrogens (tertiary/aromatic N) is 1. The highest BCUT2D eigenvalue weighted by Crippen LogP contribution is 2.42. The van der Waals surface area contributed by atoms with Crippen LogP contribution in [0.25, 0.3) is 0 Å². The molecule has 2 aromatic carbocycles. The van der Waals surface area contributed by atoms with Crippen molar-refractivity contribution in [3.63, 3.8) is 0 Å². The van der Waals surface area contributed by atoms with Crippen LogP contribution in [-0.2, 0) is 16.0 Å². The lowest BCUT2D eigenvalue weighted by Crippen LogP contribution is -2.53. The molecule has 2 amide bonds. The number of methoxy groups -OCH3 is 5. The van der Waals surface area contributed by atoms with Crippen LogP contribution in [0.4, 0.5) is 4.79 Å². The topological polar surface area (TPSA) is 95.6 Å². The molecule has 196 valence electrons. The molecule has 2 aromatic rings. The van der Waals surface area contributed by atoms with Gasteiger partial charge in [-0.2, -0.15) is 0 Å². The molecule has 1 aliphatic heterocycles. The fraction of sp³-hybridized carbons (Fsp3) is 0.481. The van der Waals surface area contributed by atoms with Crippen molar-refractivity contribution >= 4 is 12.0 Å². The maximum absolute atomic E-state index is 13.7. The van der Waals surface area contributed by atoms with Crippen LogP contribution in [0.5, 0.6) is 23.0 Å². The highest BCUT2D eigenvalue weighted by atomic mass is 16.5. The Kier molecular flexibility index (Phi) is 8.90. The summed E-state index contributed by atoms with van der Waals surface area (Å²) in [4.78, 5) is 27.9. The molecule has 1 aliphatic rings. The summed E-state index contributed by atoms with van der Waals surface area (Å²) >= 11 is 0. The van der Waals surface area contributed by atoms with Crippen molar-refractivity contribution in [3.05, 3.63) is 47.0 Å². The molecule has 0 radical (unpaired) electrons. The minimum Gasteiger partial charge on any atom is -0.493 e. The second-order valence-corrected chi connectivity index (χ2v) is 8.70. The molecular weight excluding hydrogens is 464 g/mol. The number of fused-ring (bicyclic) bond motifs is 1. The summed E-state index contributed by atoms with van der Waals surface area (Å²) in [5, 5.41) is 2.92. The van der Waals surface area contributed by atoms with Crippen molar-refractivity contribution in [1.29, 1.82) is 0 Å². The third-order valence-corrected chi connectivity index (χ3v) is 6.80. The smallest absolute Gasteiger partial charge is 0.328 e. The van der Waals surface area contributed by atoms with Gasteiger partial charge in [-0.3, -0.25) is 0 Å². The maximum atomic E-state index is 13.7. The van der Waals surface area contributed by atoms with Crippen LogP contribution in [0.15, 0.2) is 30.3 Å². The Morgan fingerprint density at radius 3 is 2.14 bits per heavy atom. The Hall–Kier alpha value is -3.62. The molecule has 0 fully saturated rings. The monoisotopic (exact) mass is 500 g/mol. The number of nitrogens with one attached hydrogen (secondary N) is 1. The van der Waals surface area contributed by atoms with Crippen LogP contribution >= 0.6 is 0 Å². The lowest BCUT2D eigenvalue weighted by atomic mass is 9.87. The molecule has 9 nitrogen and oxygen atoms in total. The van der Waals surface area contributed by atoms with E-state index in [2.05, 4.69) is 5.32 Å². The van der Waals surface area contributed by atoms with Gasteiger partial charge in [0.15, 0.2) is 23.0 Å². The van der Waals surface area contributed by atoms with Crippen LogP contribution in [-0.4, -0.2) is 65.0 Å². The summed E-state index contributed by atoms with van der Waals surface area (Å²) in [6, 6.07) is 7.86. The average Bonchev–Trinajstić information content (AvgIpc) is 2.92. The van der Waals surface area contributed by atoms with E-state index in [0.29, 0.717) is 42.4 Å². The molecular formula is C27H36N2O7. The highest BCUT2D eigenvalue weighted by Gasteiger charge is 2.36. The summed E-state index contributed by atoms with van der Waals surface area (Å²) in [7, 11) is 7.65. The van der Waals surface area contributed by atoms with Crippen LogP contribution in [0.1, 0.15) is 43.0 Å². The Morgan fingerprint density at radius 1 is 0.944 bits per heavy atom. The summed E-state index contributed by atoms with van der Waals surface area (Å²) in [6.45, 7) is 4.31. The predicted octanol–water partition coefficient (Wildman–Crippen LogP) is 3.97. The average molecular weight is 501 g/mol. The Morgan fingerprint density at radius 2 is 1.56 bits per heavy atom. The number of carbonyl (C=O) groups is 2. The van der Waals surface area contributed by atoms with E-state index in [1.54, 1.807) is 33.3 Å². The zero-order chi connectivity index (χ0) is 26.4. The molecule has 0 bridgehead atoms. The first-order valence-electron chi connectivity index (χ1n) is 11.9. The first kappa shape index (κ1) is 27.0. The van der Waals surface area contributed by atoms with Gasteiger partial charge in [0.1, 0.15) is 6.04 Å². The number of hydrogen-bond donors (Lipinski definition) is 1. The quantitative estimate of drug-likeness (QED) is 0.521. The summed E-state index contributed by atoms with van der Waals surface area (Å²) in [5.41, 5.74) is 2.77. The highest BCUT2D eigenvalue weighted by molar-refractivity contribution is 5.84. The number of urea groups is 1. The van der Waals surface area contributed by atoms with Crippen molar-refractivity contribution in [2.24, 2.45) is 5.92 Å².